The van der Waals surface area contributed by atoms with Gasteiger partial charge in [-0.15, -0.1) is 0 Å². The van der Waals surface area contributed by atoms with Crippen LogP contribution in [0.15, 0.2) is 24.3 Å². The molecule has 3 rings (SSSR count). The van der Waals surface area contributed by atoms with Gasteiger partial charge >= 0.3 is 5.97 Å². The second kappa shape index (κ2) is 6.19. The molecule has 1 aromatic carbocycles. The number of nitrogens with zero attached hydrogens (tertiary/aromatic N) is 2. The Morgan fingerprint density at radius 1 is 1.21 bits per heavy atom. The van der Waals surface area contributed by atoms with Gasteiger partial charge in [0.1, 0.15) is 6.04 Å². The summed E-state index contributed by atoms with van der Waals surface area (Å²) in [6.07, 6.45) is 1.18. The molecule has 1 fully saturated rings. The number of aromatic amines is 1. The number of fused-ring (bicyclic) bond motifs is 1. The maximum Gasteiger partial charge on any atom is 0.325 e. The van der Waals surface area contributed by atoms with Gasteiger partial charge in [-0.25, -0.2) is 8.42 Å². The molecule has 8 heteroatoms. The van der Waals surface area contributed by atoms with Crippen LogP contribution in [0.4, 0.5) is 0 Å². The lowest BCUT2D eigenvalue weighted by Crippen LogP contribution is -2.50. The summed E-state index contributed by atoms with van der Waals surface area (Å²) >= 11 is 0. The van der Waals surface area contributed by atoms with Crippen molar-refractivity contribution in [2.45, 2.75) is 13.0 Å². The molecule has 7 nitrogen and oxygen atoms in total. The molecule has 0 radical (unpaired) electrons. The number of benzene rings is 1. The molecule has 0 aliphatic carbocycles. The molecule has 0 amide bonds. The highest BCUT2D eigenvalue weighted by Crippen LogP contribution is 2.32. The largest absolute Gasteiger partial charge is 0.480 e. The van der Waals surface area contributed by atoms with E-state index in [1.165, 1.54) is 10.6 Å². The van der Waals surface area contributed by atoms with Crippen molar-refractivity contribution in [3.8, 4) is 0 Å². The number of H-pyrrole nitrogens is 1. The standard InChI is InChI=1S/C16H21N3O4S/c1-11-14(12-5-3-4-6-13(12)17-11)15(16(20)21)18-7-9-19(10-8-18)24(2,22)23/h3-6,15,17H,7-10H2,1-2H3,(H,20,21)/t15-/m1/s1. The monoisotopic (exact) mass is 351 g/mol. The minimum atomic E-state index is -3.24. The second-order valence-electron chi connectivity index (χ2n) is 6.15. The zero-order chi connectivity index (χ0) is 17.5. The van der Waals surface area contributed by atoms with E-state index in [0.717, 1.165) is 22.2 Å². The summed E-state index contributed by atoms with van der Waals surface area (Å²) in [4.78, 5) is 17.1. The van der Waals surface area contributed by atoms with E-state index >= 15 is 0 Å². The summed E-state index contributed by atoms with van der Waals surface area (Å²) in [5.41, 5.74) is 2.49. The van der Waals surface area contributed by atoms with Crippen LogP contribution in [0.5, 0.6) is 0 Å². The van der Waals surface area contributed by atoms with Crippen molar-refractivity contribution in [1.29, 1.82) is 0 Å². The van der Waals surface area contributed by atoms with Crippen LogP contribution >= 0.6 is 0 Å². The Bertz CT molecular complexity index is 867. The van der Waals surface area contributed by atoms with Gasteiger partial charge in [0.05, 0.1) is 6.26 Å². The summed E-state index contributed by atoms with van der Waals surface area (Å²) in [6, 6.07) is 6.84. The van der Waals surface area contributed by atoms with E-state index in [9.17, 15) is 18.3 Å². The molecule has 24 heavy (non-hydrogen) atoms. The first-order chi connectivity index (χ1) is 11.3. The van der Waals surface area contributed by atoms with E-state index in [-0.39, 0.29) is 0 Å². The van der Waals surface area contributed by atoms with Gasteiger partial charge in [0.2, 0.25) is 10.0 Å². The zero-order valence-electron chi connectivity index (χ0n) is 13.7. The van der Waals surface area contributed by atoms with Crippen molar-refractivity contribution in [3.63, 3.8) is 0 Å². The number of carbonyl (C=O) groups is 1. The Kier molecular flexibility index (Phi) is 4.37. The van der Waals surface area contributed by atoms with Crippen molar-refractivity contribution in [2.75, 3.05) is 32.4 Å². The Hall–Kier alpha value is -1.90. The van der Waals surface area contributed by atoms with Gasteiger partial charge in [-0.1, -0.05) is 18.2 Å². The highest BCUT2D eigenvalue weighted by atomic mass is 32.2. The quantitative estimate of drug-likeness (QED) is 0.863. The first-order valence-electron chi connectivity index (χ1n) is 7.78. The molecule has 130 valence electrons. The van der Waals surface area contributed by atoms with E-state index in [1.807, 2.05) is 36.1 Å². The van der Waals surface area contributed by atoms with Gasteiger partial charge in [0, 0.05) is 48.3 Å². The van der Waals surface area contributed by atoms with Crippen LogP contribution < -0.4 is 0 Å². The number of carboxylic acid groups (broad SMARTS) is 1. The fourth-order valence-electron chi connectivity index (χ4n) is 3.41. The van der Waals surface area contributed by atoms with E-state index in [0.29, 0.717) is 26.2 Å². The van der Waals surface area contributed by atoms with Gasteiger partial charge in [0.15, 0.2) is 0 Å². The number of aromatic nitrogens is 1. The van der Waals surface area contributed by atoms with Gasteiger partial charge in [-0.05, 0) is 13.0 Å². The van der Waals surface area contributed by atoms with E-state index in [1.54, 1.807) is 0 Å². The number of sulfonamides is 1. The predicted molar refractivity (Wildman–Crippen MR) is 91.4 cm³/mol. The number of hydrogen-bond acceptors (Lipinski definition) is 4. The average Bonchev–Trinajstić information content (AvgIpc) is 2.83. The fourth-order valence-corrected chi connectivity index (χ4v) is 4.23. The molecular formula is C16H21N3O4S. The van der Waals surface area contributed by atoms with Crippen LogP contribution in [0.2, 0.25) is 0 Å². The third-order valence-corrected chi connectivity index (χ3v) is 5.86. The van der Waals surface area contributed by atoms with Crippen LogP contribution in [-0.4, -0.2) is 66.1 Å². The molecule has 2 heterocycles. The molecule has 1 saturated heterocycles. The van der Waals surface area contributed by atoms with E-state index < -0.39 is 22.0 Å². The molecule has 1 aromatic heterocycles. The van der Waals surface area contributed by atoms with Gasteiger partial charge in [0.25, 0.3) is 0 Å². The predicted octanol–water partition coefficient (Wildman–Crippen LogP) is 1.18. The summed E-state index contributed by atoms with van der Waals surface area (Å²) in [5, 5.41) is 10.7. The Morgan fingerprint density at radius 3 is 2.42 bits per heavy atom. The van der Waals surface area contributed by atoms with Crippen LogP contribution in [0.1, 0.15) is 17.3 Å². The number of aliphatic carboxylic acids is 1. The summed E-state index contributed by atoms with van der Waals surface area (Å²) in [6.45, 7) is 3.28. The number of aryl methyl sites for hydroxylation is 1. The molecule has 2 aromatic rings. The van der Waals surface area contributed by atoms with Gasteiger partial charge in [-0.3, -0.25) is 9.69 Å². The maximum atomic E-state index is 12.0. The molecule has 0 spiro atoms. The topological polar surface area (TPSA) is 93.7 Å². The van der Waals surface area contributed by atoms with Crippen molar-refractivity contribution in [3.05, 3.63) is 35.5 Å². The third kappa shape index (κ3) is 3.04. The number of hydrogen-bond donors (Lipinski definition) is 2. The minimum Gasteiger partial charge on any atom is -0.480 e. The van der Waals surface area contributed by atoms with Crippen molar-refractivity contribution in [1.82, 2.24) is 14.2 Å². The van der Waals surface area contributed by atoms with Crippen LogP contribution in [0, 0.1) is 6.92 Å². The highest BCUT2D eigenvalue weighted by Gasteiger charge is 2.34. The van der Waals surface area contributed by atoms with Gasteiger partial charge < -0.3 is 10.1 Å². The van der Waals surface area contributed by atoms with Crippen molar-refractivity contribution >= 4 is 26.9 Å². The van der Waals surface area contributed by atoms with Crippen LogP contribution in [0.3, 0.4) is 0 Å². The molecule has 1 aliphatic heterocycles. The number of carboxylic acids is 1. The zero-order valence-corrected chi connectivity index (χ0v) is 14.5. The summed E-state index contributed by atoms with van der Waals surface area (Å²) < 4.78 is 24.7. The van der Waals surface area contributed by atoms with Crippen LogP contribution in [-0.2, 0) is 14.8 Å². The summed E-state index contributed by atoms with van der Waals surface area (Å²) in [7, 11) is -3.24. The van der Waals surface area contributed by atoms with Gasteiger partial charge in [-0.2, -0.15) is 4.31 Å². The normalized spacial score (nSPS) is 18.8. The SMILES string of the molecule is Cc1[nH]c2ccccc2c1[C@H](C(=O)O)N1CCN(S(C)(=O)=O)CC1. The maximum absolute atomic E-state index is 12.0. The molecular weight excluding hydrogens is 330 g/mol. The lowest BCUT2D eigenvalue weighted by Gasteiger charge is -2.36. The lowest BCUT2D eigenvalue weighted by molar-refractivity contribution is -0.144. The Labute approximate surface area is 140 Å². The molecule has 0 unspecified atom stereocenters. The van der Waals surface area contributed by atoms with E-state index in [4.69, 9.17) is 0 Å². The smallest absolute Gasteiger partial charge is 0.325 e. The first-order valence-corrected chi connectivity index (χ1v) is 9.63. The molecule has 2 N–H and O–H groups in total. The highest BCUT2D eigenvalue weighted by molar-refractivity contribution is 7.88. The molecule has 1 aliphatic rings. The minimum absolute atomic E-state index is 0.310. The number of rotatable bonds is 4. The Balaban J connectivity index is 1.94. The number of nitrogens with one attached hydrogen (secondary N) is 1. The number of piperazine rings is 1. The molecule has 0 bridgehead atoms. The molecule has 1 atom stereocenters. The second-order valence-corrected chi connectivity index (χ2v) is 8.13. The summed E-state index contributed by atoms with van der Waals surface area (Å²) in [5.74, 6) is -0.921. The molecule has 0 saturated carbocycles. The first kappa shape index (κ1) is 16.9. The third-order valence-electron chi connectivity index (χ3n) is 4.56. The van der Waals surface area contributed by atoms with E-state index in [2.05, 4.69) is 4.98 Å². The fraction of sp³-hybridized carbons (Fsp3) is 0.438. The van der Waals surface area contributed by atoms with Crippen molar-refractivity contribution < 1.29 is 18.3 Å². The Morgan fingerprint density at radius 2 is 1.83 bits per heavy atom. The lowest BCUT2D eigenvalue weighted by atomic mass is 10.0. The number of para-hydroxylation sites is 1. The van der Waals surface area contributed by atoms with Crippen molar-refractivity contribution in [2.24, 2.45) is 0 Å². The van der Waals surface area contributed by atoms with Crippen LogP contribution in [0.25, 0.3) is 10.9 Å². The average molecular weight is 351 g/mol.